The van der Waals surface area contributed by atoms with E-state index in [0.717, 1.165) is 4.70 Å². The fraction of sp³-hybridized carbons (Fsp3) is 0.250. The van der Waals surface area contributed by atoms with E-state index in [1.54, 1.807) is 11.0 Å². The molecule has 3 aromatic rings. The largest absolute Gasteiger partial charge is 0.308 e. The maximum absolute atomic E-state index is 13.5. The number of anilines is 1. The molecule has 0 atom stereocenters. The van der Waals surface area contributed by atoms with Gasteiger partial charge in [-0.1, -0.05) is 41.2 Å². The molecule has 11 heteroatoms. The van der Waals surface area contributed by atoms with Crippen LogP contribution in [-0.4, -0.2) is 68.8 Å². The smallest absolute Gasteiger partial charge is 0.260 e. The van der Waals surface area contributed by atoms with E-state index in [9.17, 15) is 13.2 Å². The van der Waals surface area contributed by atoms with E-state index in [1.165, 1.54) is 52.1 Å². The maximum Gasteiger partial charge on any atom is 0.260 e. The van der Waals surface area contributed by atoms with Gasteiger partial charge in [0.05, 0.1) is 14.6 Å². The number of hydrogen-bond donors (Lipinski definition) is 0. The van der Waals surface area contributed by atoms with Crippen LogP contribution in [0.2, 0.25) is 5.02 Å². The fourth-order valence-corrected chi connectivity index (χ4v) is 5.91. The zero-order valence-electron chi connectivity index (χ0n) is 19.6. The van der Waals surface area contributed by atoms with Crippen LogP contribution in [0.15, 0.2) is 72.7 Å². The number of rotatable bonds is 11. The van der Waals surface area contributed by atoms with Gasteiger partial charge in [0.1, 0.15) is 5.52 Å². The summed E-state index contributed by atoms with van der Waals surface area (Å²) >= 11 is 7.68. The zero-order valence-corrected chi connectivity index (χ0v) is 22.8. The molecule has 0 saturated carbocycles. The number of nitrogens with zero attached hydrogens (tertiary/aromatic N) is 4. The first-order valence-electron chi connectivity index (χ1n) is 10.5. The highest BCUT2D eigenvalue weighted by Crippen LogP contribution is 2.33. The molecule has 1 heterocycles. The molecule has 0 saturated heterocycles. The van der Waals surface area contributed by atoms with Crippen LogP contribution in [0.25, 0.3) is 10.2 Å². The van der Waals surface area contributed by atoms with Gasteiger partial charge in [-0.15, -0.1) is 25.6 Å². The molecule has 35 heavy (non-hydrogen) atoms. The van der Waals surface area contributed by atoms with Gasteiger partial charge in [0, 0.05) is 31.7 Å². The first-order chi connectivity index (χ1) is 16.2. The average molecular weight is 556 g/mol. The summed E-state index contributed by atoms with van der Waals surface area (Å²) in [5, 5.41) is 1.06. The lowest BCUT2D eigenvalue weighted by Crippen LogP contribution is -2.36. The molecule has 0 radical (unpaired) electrons. The number of hydrogen-bond acceptors (Lipinski definition) is 6. The molecule has 0 unspecified atom stereocenters. The predicted octanol–water partition coefficient (Wildman–Crippen LogP) is 4.94. The molecule has 1 amide bonds. The second-order valence-electron chi connectivity index (χ2n) is 7.77. The summed E-state index contributed by atoms with van der Waals surface area (Å²) in [5.74, 6) is -0.269. The Labute approximate surface area is 221 Å². The van der Waals surface area contributed by atoms with Crippen LogP contribution in [-0.2, 0) is 10.0 Å². The van der Waals surface area contributed by atoms with Gasteiger partial charge in [0.25, 0.3) is 5.91 Å². The molecule has 7 nitrogen and oxygen atoms in total. The van der Waals surface area contributed by atoms with Crippen molar-refractivity contribution in [2.75, 3.05) is 45.2 Å². The van der Waals surface area contributed by atoms with Crippen molar-refractivity contribution in [2.45, 2.75) is 4.90 Å². The van der Waals surface area contributed by atoms with Crippen molar-refractivity contribution in [2.24, 2.45) is 0 Å². The summed E-state index contributed by atoms with van der Waals surface area (Å²) in [6.45, 7) is 8.60. The van der Waals surface area contributed by atoms with Crippen LogP contribution in [0.1, 0.15) is 10.4 Å². The van der Waals surface area contributed by atoms with Gasteiger partial charge in [0.15, 0.2) is 5.13 Å². The Kier molecular flexibility index (Phi) is 10.4. The van der Waals surface area contributed by atoms with Crippen molar-refractivity contribution >= 4 is 66.6 Å². The van der Waals surface area contributed by atoms with Gasteiger partial charge in [-0.05, 0) is 50.5 Å². The van der Waals surface area contributed by atoms with Crippen LogP contribution in [0.3, 0.4) is 0 Å². The fourth-order valence-electron chi connectivity index (χ4n) is 3.24. The monoisotopic (exact) mass is 554 g/mol. The minimum absolute atomic E-state index is 0. The molecular weight excluding hydrogens is 527 g/mol. The van der Waals surface area contributed by atoms with Crippen LogP contribution in [0.4, 0.5) is 5.13 Å². The number of fused-ring (bicyclic) bond motifs is 1. The average Bonchev–Trinajstić information content (AvgIpc) is 3.24. The van der Waals surface area contributed by atoms with Crippen molar-refractivity contribution in [1.82, 2.24) is 14.2 Å². The maximum atomic E-state index is 13.5. The van der Waals surface area contributed by atoms with Crippen LogP contribution in [0, 0.1) is 0 Å². The van der Waals surface area contributed by atoms with Gasteiger partial charge in [-0.2, -0.15) is 4.31 Å². The SMILES string of the molecule is C=CCN(CC=C)S(=O)(=O)c1ccc(C(=O)N(CCN(C)C)c2nc3c(Cl)cccc3s2)cc1.Cl. The lowest BCUT2D eigenvalue weighted by molar-refractivity contribution is 0.0985. The molecule has 0 N–H and O–H groups in total. The normalized spacial score (nSPS) is 11.5. The van der Waals surface area contributed by atoms with E-state index in [-0.39, 0.29) is 36.3 Å². The molecule has 0 spiro atoms. The Morgan fingerprint density at radius 2 is 1.69 bits per heavy atom. The van der Waals surface area contributed by atoms with Crippen molar-refractivity contribution in [1.29, 1.82) is 0 Å². The number of thiazole rings is 1. The van der Waals surface area contributed by atoms with Crippen molar-refractivity contribution < 1.29 is 13.2 Å². The highest BCUT2D eigenvalue weighted by molar-refractivity contribution is 7.89. The molecular formula is C24H28Cl2N4O3S2. The number of likely N-dealkylation sites (N-methyl/N-ethyl adjacent to an activating group) is 1. The number of amides is 1. The Balaban J connectivity index is 0.00000432. The second-order valence-corrected chi connectivity index (χ2v) is 11.1. The Bertz CT molecular complexity index is 1280. The number of aromatic nitrogens is 1. The molecule has 3 rings (SSSR count). The lowest BCUT2D eigenvalue weighted by atomic mass is 10.2. The van der Waals surface area contributed by atoms with Crippen molar-refractivity contribution in [3.63, 3.8) is 0 Å². The Morgan fingerprint density at radius 1 is 1.06 bits per heavy atom. The number of para-hydroxylation sites is 1. The Morgan fingerprint density at radius 3 is 2.23 bits per heavy atom. The van der Waals surface area contributed by atoms with Gasteiger partial charge in [-0.25, -0.2) is 13.4 Å². The third-order valence-electron chi connectivity index (χ3n) is 5.01. The summed E-state index contributed by atoms with van der Waals surface area (Å²) in [6, 6.07) is 11.5. The molecule has 1 aromatic heterocycles. The molecule has 0 aliphatic rings. The number of carbonyl (C=O) groups is 1. The quantitative estimate of drug-likeness (QED) is 0.314. The number of sulfonamides is 1. The minimum Gasteiger partial charge on any atom is -0.308 e. The highest BCUT2D eigenvalue weighted by atomic mass is 35.5. The number of halogens is 2. The summed E-state index contributed by atoms with van der Waals surface area (Å²) in [4.78, 5) is 21.8. The van der Waals surface area contributed by atoms with Crippen molar-refractivity contribution in [3.8, 4) is 0 Å². The first-order valence-corrected chi connectivity index (χ1v) is 13.2. The minimum atomic E-state index is -3.75. The van der Waals surface area contributed by atoms with E-state index in [0.29, 0.717) is 34.3 Å². The second kappa shape index (κ2) is 12.6. The third-order valence-corrected chi connectivity index (χ3v) is 8.20. The Hall–Kier alpha value is -2.27. The molecule has 0 bridgehead atoms. The lowest BCUT2D eigenvalue weighted by Gasteiger charge is -2.22. The summed E-state index contributed by atoms with van der Waals surface area (Å²) < 4.78 is 28.1. The van der Waals surface area contributed by atoms with E-state index in [1.807, 2.05) is 31.1 Å². The van der Waals surface area contributed by atoms with Crippen LogP contribution in [0.5, 0.6) is 0 Å². The van der Waals surface area contributed by atoms with Gasteiger partial charge in [-0.3, -0.25) is 9.69 Å². The van der Waals surface area contributed by atoms with Gasteiger partial charge >= 0.3 is 0 Å². The summed E-state index contributed by atoms with van der Waals surface area (Å²) in [7, 11) is 0.103. The van der Waals surface area contributed by atoms with Crippen molar-refractivity contribution in [3.05, 3.63) is 78.4 Å². The molecule has 0 aliphatic carbocycles. The van der Waals surface area contributed by atoms with E-state index >= 15 is 0 Å². The van der Waals surface area contributed by atoms with Gasteiger partial charge in [0.2, 0.25) is 10.0 Å². The van der Waals surface area contributed by atoms with E-state index in [2.05, 4.69) is 18.1 Å². The zero-order chi connectivity index (χ0) is 24.9. The number of benzene rings is 2. The van der Waals surface area contributed by atoms with Crippen LogP contribution >= 0.6 is 35.3 Å². The summed E-state index contributed by atoms with van der Waals surface area (Å²) in [5.41, 5.74) is 1.01. The standard InChI is InChI=1S/C24H27ClN4O3S2.ClH/c1-5-14-28(15-6-2)34(31,32)19-12-10-18(11-13-19)23(30)29(17-16-27(3)4)24-26-22-20(25)8-7-9-21(22)33-24;/h5-13H,1-2,14-17H2,3-4H3;1H. The predicted molar refractivity (Wildman–Crippen MR) is 148 cm³/mol. The molecule has 0 fully saturated rings. The third kappa shape index (κ3) is 6.69. The van der Waals surface area contributed by atoms with E-state index < -0.39 is 10.0 Å². The molecule has 0 aliphatic heterocycles. The molecule has 188 valence electrons. The van der Waals surface area contributed by atoms with E-state index in [4.69, 9.17) is 11.6 Å². The first kappa shape index (κ1) is 29.0. The number of carbonyl (C=O) groups excluding carboxylic acids is 1. The topological polar surface area (TPSA) is 73.8 Å². The van der Waals surface area contributed by atoms with Gasteiger partial charge < -0.3 is 4.90 Å². The summed E-state index contributed by atoms with van der Waals surface area (Å²) in [6.07, 6.45) is 3.04. The molecule has 2 aromatic carbocycles. The van der Waals surface area contributed by atoms with Crippen LogP contribution < -0.4 is 4.90 Å². The highest BCUT2D eigenvalue weighted by Gasteiger charge is 2.25.